The van der Waals surface area contributed by atoms with E-state index in [1.165, 1.54) is 31.5 Å². The van der Waals surface area contributed by atoms with Crippen LogP contribution >= 0.6 is 0 Å². The number of alkyl halides is 3. The van der Waals surface area contributed by atoms with Gasteiger partial charge in [0, 0.05) is 55.6 Å². The Morgan fingerprint density at radius 2 is 1.93 bits per heavy atom. The average Bonchev–Trinajstić information content (AvgIpc) is 3.37. The number of nitriles is 1. The van der Waals surface area contributed by atoms with Gasteiger partial charge in [-0.15, -0.1) is 0 Å². The number of aromatic nitrogens is 2. The van der Waals surface area contributed by atoms with Crippen LogP contribution in [0.25, 0.3) is 11.0 Å². The number of rotatable bonds is 7. The van der Waals surface area contributed by atoms with Crippen molar-refractivity contribution in [3.63, 3.8) is 0 Å². The third-order valence-corrected chi connectivity index (χ3v) is 8.63. The van der Waals surface area contributed by atoms with E-state index in [1.807, 2.05) is 12.3 Å². The van der Waals surface area contributed by atoms with Gasteiger partial charge in [-0.2, -0.15) is 18.4 Å². The number of piperidine rings is 1. The normalized spacial score (nSPS) is 20.7. The van der Waals surface area contributed by atoms with E-state index in [0.29, 0.717) is 17.2 Å². The topological polar surface area (TPSA) is 71.2 Å². The number of ketones is 1. The van der Waals surface area contributed by atoms with E-state index in [4.69, 9.17) is 4.74 Å². The highest BCUT2D eigenvalue weighted by atomic mass is 19.4. The molecule has 0 spiro atoms. The number of allylic oxidation sites excluding steroid dienone is 1. The number of carbonyl (C=O) groups excluding carboxylic acids is 1. The minimum absolute atomic E-state index is 0.0199. The maximum absolute atomic E-state index is 14.8. The van der Waals surface area contributed by atoms with Crippen molar-refractivity contribution in [1.29, 1.82) is 5.26 Å². The van der Waals surface area contributed by atoms with Crippen molar-refractivity contribution in [3.8, 4) is 11.8 Å². The van der Waals surface area contributed by atoms with Gasteiger partial charge in [-0.05, 0) is 65.8 Å². The number of hydrogen-bond donors (Lipinski definition) is 0. The molecule has 2 fully saturated rings. The van der Waals surface area contributed by atoms with E-state index >= 15 is 0 Å². The third kappa shape index (κ3) is 4.74. The summed E-state index contributed by atoms with van der Waals surface area (Å²) in [7, 11) is 3.13. The first-order valence-electron chi connectivity index (χ1n) is 13.5. The molecule has 1 aromatic carbocycles. The molecule has 5 rings (SSSR count). The molecule has 0 amide bonds. The predicted octanol–water partition coefficient (Wildman–Crippen LogP) is 6.49. The number of fused-ring (bicyclic) bond motifs is 3. The first kappa shape index (κ1) is 27.8. The molecule has 1 saturated heterocycles. The molecule has 40 heavy (non-hydrogen) atoms. The molecular weight excluding hydrogens is 517 g/mol. The number of benzene rings is 1. The lowest BCUT2D eigenvalue weighted by Crippen LogP contribution is -2.41. The van der Waals surface area contributed by atoms with Gasteiger partial charge in [0.05, 0.1) is 18.2 Å². The van der Waals surface area contributed by atoms with Crippen LogP contribution in [0, 0.1) is 29.1 Å². The van der Waals surface area contributed by atoms with Crippen molar-refractivity contribution in [3.05, 3.63) is 70.7 Å². The molecule has 1 unspecified atom stereocenters. The summed E-state index contributed by atoms with van der Waals surface area (Å²) >= 11 is 0. The first-order valence-corrected chi connectivity index (χ1v) is 13.5. The highest BCUT2D eigenvalue weighted by Crippen LogP contribution is 2.52. The summed E-state index contributed by atoms with van der Waals surface area (Å²) < 4.78 is 51.3. The second-order valence-corrected chi connectivity index (χ2v) is 11.4. The number of methoxy groups -OCH3 is 1. The summed E-state index contributed by atoms with van der Waals surface area (Å²) in [5, 5.41) is 9.49. The summed E-state index contributed by atoms with van der Waals surface area (Å²) in [6.07, 6.45) is -0.271. The fourth-order valence-electron chi connectivity index (χ4n) is 6.70. The van der Waals surface area contributed by atoms with Gasteiger partial charge in [0.25, 0.3) is 0 Å². The van der Waals surface area contributed by atoms with Gasteiger partial charge < -0.3 is 14.2 Å². The molecule has 2 aromatic heterocycles. The smallest absolute Gasteiger partial charge is 0.417 e. The zero-order chi connectivity index (χ0) is 28.9. The molecule has 1 aliphatic heterocycles. The van der Waals surface area contributed by atoms with Crippen molar-refractivity contribution in [2.75, 3.05) is 20.2 Å². The second-order valence-electron chi connectivity index (χ2n) is 11.4. The average molecular weight is 551 g/mol. The van der Waals surface area contributed by atoms with Crippen LogP contribution in [0.2, 0.25) is 0 Å². The molecule has 9 heteroatoms. The van der Waals surface area contributed by atoms with Gasteiger partial charge >= 0.3 is 6.18 Å². The number of pyridine rings is 1. The van der Waals surface area contributed by atoms with Crippen LogP contribution in [-0.4, -0.2) is 40.4 Å². The van der Waals surface area contributed by atoms with Gasteiger partial charge in [0.15, 0.2) is 5.78 Å². The van der Waals surface area contributed by atoms with E-state index in [1.54, 1.807) is 11.6 Å². The minimum Gasteiger partial charge on any atom is -0.495 e. The number of carbonyl (C=O) groups is 1. The summed E-state index contributed by atoms with van der Waals surface area (Å²) in [4.78, 5) is 19.9. The van der Waals surface area contributed by atoms with Gasteiger partial charge in [0.2, 0.25) is 0 Å². The summed E-state index contributed by atoms with van der Waals surface area (Å²) in [6, 6.07) is 6.25. The van der Waals surface area contributed by atoms with Crippen LogP contribution in [0.1, 0.15) is 65.2 Å². The number of hydrogen-bond acceptors (Lipinski definition) is 5. The van der Waals surface area contributed by atoms with E-state index in [-0.39, 0.29) is 45.5 Å². The van der Waals surface area contributed by atoms with Gasteiger partial charge in [-0.1, -0.05) is 20.4 Å². The number of ether oxygens (including phenoxy) is 1. The maximum atomic E-state index is 14.8. The first-order chi connectivity index (χ1) is 18.9. The summed E-state index contributed by atoms with van der Waals surface area (Å²) in [6.45, 7) is 10.0. The molecular formula is C31H33F3N4O2. The van der Waals surface area contributed by atoms with Crippen molar-refractivity contribution in [2.24, 2.45) is 24.8 Å². The second kappa shape index (κ2) is 10.3. The van der Waals surface area contributed by atoms with Crippen molar-refractivity contribution >= 4 is 16.8 Å². The Hall–Kier alpha value is -3.80. The maximum Gasteiger partial charge on any atom is 0.417 e. The van der Waals surface area contributed by atoms with Gasteiger partial charge in [0.1, 0.15) is 17.5 Å². The summed E-state index contributed by atoms with van der Waals surface area (Å²) in [5.74, 6) is 0.497. The van der Waals surface area contributed by atoms with Crippen LogP contribution < -0.4 is 4.74 Å². The SMILES string of the molecule is C=C(C(C)C)N1C[C@H]2CC[C@@H](C1)C2c1cn(C)c2ncc(CC(=O)c3ccc(OC)c(C#N)c3)c(C(F)(F)F)c12. The minimum atomic E-state index is -4.68. The molecule has 210 valence electrons. The fraction of sp³-hybridized carbons (Fsp3) is 0.452. The molecule has 2 bridgehead atoms. The monoisotopic (exact) mass is 550 g/mol. The highest BCUT2D eigenvalue weighted by Gasteiger charge is 2.46. The lowest BCUT2D eigenvalue weighted by atomic mass is 9.78. The molecule has 1 aliphatic carbocycles. The van der Waals surface area contributed by atoms with Crippen LogP contribution in [0.5, 0.6) is 5.75 Å². The number of aryl methyl sites for hydroxylation is 1. The molecule has 3 aromatic rings. The summed E-state index contributed by atoms with van der Waals surface area (Å²) in [5.41, 5.74) is 1.35. The molecule has 2 aliphatic rings. The standard InChI is InChI=1S/C31H33F3N4O2/c1-17(2)18(3)38-14-20-6-7-21(15-38)27(20)24-16-37(4)30-28(24)29(31(32,33)34)23(13-36-30)11-25(39)19-8-9-26(40-5)22(10-19)12-35/h8-10,13,16-17,20-21,27H,3,6-7,11,14-15H2,1-2,4-5H3/t20-,21+,27?. The molecule has 0 N–H and O–H groups in total. The number of halogens is 3. The van der Waals surface area contributed by atoms with E-state index < -0.39 is 23.9 Å². The van der Waals surface area contributed by atoms with Crippen molar-refractivity contribution in [1.82, 2.24) is 14.5 Å². The van der Waals surface area contributed by atoms with Crippen molar-refractivity contribution < 1.29 is 22.7 Å². The number of Topliss-reactive ketones (excluding diaryl/α,β-unsaturated/α-hetero) is 1. The zero-order valence-corrected chi connectivity index (χ0v) is 23.2. The number of nitrogens with zero attached hydrogens (tertiary/aromatic N) is 4. The van der Waals surface area contributed by atoms with Gasteiger partial charge in [-0.3, -0.25) is 4.79 Å². The highest BCUT2D eigenvalue weighted by molar-refractivity contribution is 5.99. The lowest BCUT2D eigenvalue weighted by Gasteiger charge is -2.41. The Balaban J connectivity index is 1.57. The van der Waals surface area contributed by atoms with E-state index in [2.05, 4.69) is 30.3 Å². The molecule has 3 heterocycles. The Labute approximate surface area is 232 Å². The van der Waals surface area contributed by atoms with Crippen molar-refractivity contribution in [2.45, 2.75) is 45.2 Å². The Bertz CT molecular complexity index is 1520. The molecule has 0 radical (unpaired) electrons. The molecule has 6 nitrogen and oxygen atoms in total. The van der Waals surface area contributed by atoms with E-state index in [9.17, 15) is 23.2 Å². The lowest BCUT2D eigenvalue weighted by molar-refractivity contribution is -0.136. The Morgan fingerprint density at radius 1 is 1.25 bits per heavy atom. The predicted molar refractivity (Wildman–Crippen MR) is 146 cm³/mol. The Kier molecular flexibility index (Phi) is 7.15. The van der Waals surface area contributed by atoms with Crippen LogP contribution in [0.4, 0.5) is 13.2 Å². The van der Waals surface area contributed by atoms with E-state index in [0.717, 1.165) is 31.6 Å². The third-order valence-electron chi connectivity index (χ3n) is 8.63. The van der Waals surface area contributed by atoms with Crippen LogP contribution in [0.3, 0.4) is 0 Å². The van der Waals surface area contributed by atoms with Crippen LogP contribution in [-0.2, 0) is 19.6 Å². The van der Waals surface area contributed by atoms with Crippen LogP contribution in [0.15, 0.2) is 42.9 Å². The molecule has 3 atom stereocenters. The van der Waals surface area contributed by atoms with Gasteiger partial charge in [-0.25, -0.2) is 4.98 Å². The largest absolute Gasteiger partial charge is 0.495 e. The number of likely N-dealkylation sites (tertiary alicyclic amines) is 1. The fourth-order valence-corrected chi connectivity index (χ4v) is 6.70. The quantitative estimate of drug-likeness (QED) is 0.315. The molecule has 1 saturated carbocycles. The Morgan fingerprint density at radius 3 is 2.50 bits per heavy atom. The zero-order valence-electron chi connectivity index (χ0n) is 23.2.